The van der Waals surface area contributed by atoms with Crippen molar-refractivity contribution >= 4 is 22.6 Å². The zero-order chi connectivity index (χ0) is 27.4. The highest BCUT2D eigenvalue weighted by Gasteiger charge is 2.46. The largest absolute Gasteiger partial charge is 0.353 e. The number of hydrogen-bond donors (Lipinski definition) is 0. The molecule has 2 aliphatic rings. The molecule has 3 aromatic carbocycles. The van der Waals surface area contributed by atoms with Crippen LogP contribution in [0.15, 0.2) is 66.7 Å². The van der Waals surface area contributed by atoms with Crippen molar-refractivity contribution in [3.05, 3.63) is 83.7 Å². The number of carbonyl (C=O) groups is 2. The van der Waals surface area contributed by atoms with E-state index in [9.17, 15) is 14.0 Å². The maximum Gasteiger partial charge on any atom is 0.254 e. The summed E-state index contributed by atoms with van der Waals surface area (Å²) in [5.74, 6) is -0.623. The number of fused-ring (bicyclic) bond motifs is 1. The molecule has 0 bridgehead atoms. The summed E-state index contributed by atoms with van der Waals surface area (Å²) in [7, 11) is 0. The molecule has 2 amide bonds. The van der Waals surface area contributed by atoms with Crippen LogP contribution in [0, 0.1) is 17.7 Å². The first-order chi connectivity index (χ1) is 19.0. The number of carbonyl (C=O) groups excluding carboxylic acids is 2. The summed E-state index contributed by atoms with van der Waals surface area (Å²) in [6.07, 6.45) is 1.10. The first-order valence-electron chi connectivity index (χ1n) is 14.0. The molecule has 2 saturated heterocycles. The van der Waals surface area contributed by atoms with Crippen molar-refractivity contribution in [1.29, 1.82) is 0 Å². The van der Waals surface area contributed by atoms with E-state index in [4.69, 9.17) is 9.47 Å². The summed E-state index contributed by atoms with van der Waals surface area (Å²) in [4.78, 5) is 31.5. The quantitative estimate of drug-likeness (QED) is 0.361. The molecule has 0 saturated carbocycles. The van der Waals surface area contributed by atoms with Crippen LogP contribution in [0.5, 0.6) is 0 Å². The lowest BCUT2D eigenvalue weighted by Gasteiger charge is -2.35. The first-order valence-corrected chi connectivity index (χ1v) is 14.0. The zero-order valence-corrected chi connectivity index (χ0v) is 22.7. The van der Waals surface area contributed by atoms with E-state index in [0.717, 1.165) is 29.2 Å². The lowest BCUT2D eigenvalue weighted by molar-refractivity contribution is -0.177. The molecular formula is C32H37FN2O4. The molecule has 2 fully saturated rings. The molecule has 2 heterocycles. The smallest absolute Gasteiger partial charge is 0.254 e. The van der Waals surface area contributed by atoms with Gasteiger partial charge in [-0.3, -0.25) is 9.59 Å². The van der Waals surface area contributed by atoms with Crippen LogP contribution in [-0.4, -0.2) is 67.3 Å². The summed E-state index contributed by atoms with van der Waals surface area (Å²) in [6, 6.07) is 20.3. The van der Waals surface area contributed by atoms with Gasteiger partial charge in [0.25, 0.3) is 5.91 Å². The molecule has 7 heteroatoms. The number of piperidine rings is 1. The average molecular weight is 533 g/mol. The summed E-state index contributed by atoms with van der Waals surface area (Å²) in [5.41, 5.74) is 1.76. The third-order valence-corrected chi connectivity index (χ3v) is 8.15. The molecule has 0 aliphatic carbocycles. The Balaban J connectivity index is 1.35. The fraction of sp³-hybridized carbons (Fsp3) is 0.438. The highest BCUT2D eigenvalue weighted by atomic mass is 19.1. The summed E-state index contributed by atoms with van der Waals surface area (Å²) < 4.78 is 25.3. The van der Waals surface area contributed by atoms with Gasteiger partial charge in [0.1, 0.15) is 5.82 Å². The van der Waals surface area contributed by atoms with E-state index in [1.165, 1.54) is 12.1 Å². The molecule has 3 aromatic rings. The molecule has 0 spiro atoms. The number of ether oxygens (including phenoxy) is 2. The maximum atomic E-state index is 14.0. The highest BCUT2D eigenvalue weighted by molar-refractivity contribution is 6.07. The fourth-order valence-electron chi connectivity index (χ4n) is 6.14. The third kappa shape index (κ3) is 5.85. The topological polar surface area (TPSA) is 59.1 Å². The van der Waals surface area contributed by atoms with Gasteiger partial charge in [0, 0.05) is 50.9 Å². The van der Waals surface area contributed by atoms with E-state index < -0.39 is 12.2 Å². The Morgan fingerprint density at radius 1 is 0.872 bits per heavy atom. The van der Waals surface area contributed by atoms with E-state index in [2.05, 4.69) is 0 Å². The minimum absolute atomic E-state index is 0.0511. The van der Waals surface area contributed by atoms with Crippen LogP contribution in [0.25, 0.3) is 10.8 Å². The Bertz CT molecular complexity index is 1280. The van der Waals surface area contributed by atoms with E-state index in [-0.39, 0.29) is 23.5 Å². The van der Waals surface area contributed by atoms with E-state index in [1.807, 2.05) is 73.3 Å². The Labute approximate surface area is 229 Å². The second kappa shape index (κ2) is 12.3. The van der Waals surface area contributed by atoms with E-state index in [1.54, 1.807) is 4.90 Å². The maximum absolute atomic E-state index is 14.0. The lowest BCUT2D eigenvalue weighted by atomic mass is 9.87. The summed E-state index contributed by atoms with van der Waals surface area (Å²) in [5, 5.41) is 1.92. The Kier molecular flexibility index (Phi) is 8.58. The van der Waals surface area contributed by atoms with Gasteiger partial charge in [0.05, 0.1) is 5.92 Å². The summed E-state index contributed by atoms with van der Waals surface area (Å²) >= 11 is 0. The number of amides is 2. The number of nitrogens with zero attached hydrogens (tertiary/aromatic N) is 2. The van der Waals surface area contributed by atoms with E-state index in [0.29, 0.717) is 50.9 Å². The van der Waals surface area contributed by atoms with Crippen molar-refractivity contribution in [2.24, 2.45) is 11.8 Å². The van der Waals surface area contributed by atoms with Crippen LogP contribution in [0.4, 0.5) is 4.39 Å². The van der Waals surface area contributed by atoms with Gasteiger partial charge in [-0.05, 0) is 67.1 Å². The normalized spacial score (nSPS) is 20.2. The van der Waals surface area contributed by atoms with Crippen LogP contribution in [-0.2, 0) is 14.3 Å². The lowest BCUT2D eigenvalue weighted by Crippen LogP contribution is -2.46. The van der Waals surface area contributed by atoms with Gasteiger partial charge in [-0.2, -0.15) is 0 Å². The molecule has 39 heavy (non-hydrogen) atoms. The van der Waals surface area contributed by atoms with Crippen LogP contribution in [0.1, 0.15) is 48.5 Å². The van der Waals surface area contributed by atoms with Gasteiger partial charge in [0.15, 0.2) is 6.29 Å². The second-order valence-electron chi connectivity index (χ2n) is 10.4. The second-order valence-corrected chi connectivity index (χ2v) is 10.4. The Hall–Kier alpha value is -3.29. The summed E-state index contributed by atoms with van der Waals surface area (Å²) in [6.45, 7) is 6.75. The van der Waals surface area contributed by atoms with Crippen molar-refractivity contribution in [1.82, 2.24) is 9.80 Å². The predicted octanol–water partition coefficient (Wildman–Crippen LogP) is 5.47. The van der Waals surface area contributed by atoms with Crippen LogP contribution < -0.4 is 0 Å². The van der Waals surface area contributed by atoms with Gasteiger partial charge < -0.3 is 19.3 Å². The third-order valence-electron chi connectivity index (χ3n) is 8.15. The van der Waals surface area contributed by atoms with Gasteiger partial charge in [-0.1, -0.05) is 48.5 Å². The Morgan fingerprint density at radius 3 is 2.23 bits per heavy atom. The molecule has 2 aliphatic heterocycles. The van der Waals surface area contributed by atoms with Gasteiger partial charge >= 0.3 is 0 Å². The molecule has 6 nitrogen and oxygen atoms in total. The van der Waals surface area contributed by atoms with Gasteiger partial charge in [-0.25, -0.2) is 4.39 Å². The van der Waals surface area contributed by atoms with Gasteiger partial charge in [0.2, 0.25) is 5.91 Å². The minimum atomic E-state index is -0.559. The van der Waals surface area contributed by atoms with Gasteiger partial charge in [-0.15, -0.1) is 0 Å². The number of rotatable bonds is 8. The molecule has 0 aromatic heterocycles. The molecule has 2 atom stereocenters. The molecule has 206 valence electrons. The monoisotopic (exact) mass is 532 g/mol. The standard InChI is InChI=1S/C32H37FN2O4/c1-3-38-32(39-4-2)29-21-35(30(36)27-11-7-9-24-8-5-6-10-26(24)27)20-28(29)31(37)34-18-16-23(17-19-34)22-12-14-25(33)15-13-22/h5-15,23,28-29,32H,3-4,16-21H2,1-2H3. The van der Waals surface area contributed by atoms with Crippen molar-refractivity contribution < 1.29 is 23.5 Å². The first kappa shape index (κ1) is 27.3. The van der Waals surface area contributed by atoms with Crippen molar-refractivity contribution in [2.45, 2.75) is 38.9 Å². The molecule has 0 radical (unpaired) electrons. The molecular weight excluding hydrogens is 495 g/mol. The fourth-order valence-corrected chi connectivity index (χ4v) is 6.14. The van der Waals surface area contributed by atoms with Crippen molar-refractivity contribution in [3.8, 4) is 0 Å². The SMILES string of the molecule is CCOC(OCC)C1CN(C(=O)c2cccc3ccccc23)CC1C(=O)N1CCC(c2ccc(F)cc2)CC1. The molecule has 2 unspecified atom stereocenters. The van der Waals surface area contributed by atoms with Crippen LogP contribution >= 0.6 is 0 Å². The Morgan fingerprint density at radius 2 is 1.54 bits per heavy atom. The van der Waals surface area contributed by atoms with E-state index >= 15 is 0 Å². The average Bonchev–Trinajstić information content (AvgIpc) is 3.42. The zero-order valence-electron chi connectivity index (χ0n) is 22.7. The number of benzene rings is 3. The number of hydrogen-bond acceptors (Lipinski definition) is 4. The van der Waals surface area contributed by atoms with Crippen molar-refractivity contribution in [2.75, 3.05) is 39.4 Å². The molecule has 5 rings (SSSR count). The number of halogens is 1. The van der Waals surface area contributed by atoms with Crippen LogP contribution in [0.2, 0.25) is 0 Å². The highest BCUT2D eigenvalue weighted by Crippen LogP contribution is 2.35. The predicted molar refractivity (Wildman–Crippen MR) is 149 cm³/mol. The minimum Gasteiger partial charge on any atom is -0.353 e. The molecule has 0 N–H and O–H groups in total. The van der Waals surface area contributed by atoms with Crippen molar-refractivity contribution in [3.63, 3.8) is 0 Å². The number of likely N-dealkylation sites (tertiary alicyclic amines) is 2. The van der Waals surface area contributed by atoms with Crippen LogP contribution in [0.3, 0.4) is 0 Å².